The van der Waals surface area contributed by atoms with E-state index in [1.165, 1.54) is 0 Å². The molecule has 1 rings (SSSR count). The monoisotopic (exact) mass is 219 g/mol. The van der Waals surface area contributed by atoms with Crippen LogP contribution in [-0.2, 0) is 0 Å². The van der Waals surface area contributed by atoms with Crippen molar-refractivity contribution in [1.29, 1.82) is 0 Å². The van der Waals surface area contributed by atoms with Crippen LogP contribution in [0.1, 0.15) is 6.42 Å². The molecule has 6 heteroatoms. The average molecular weight is 219 g/mol. The molecule has 15 heavy (non-hydrogen) atoms. The zero-order valence-corrected chi connectivity index (χ0v) is 8.58. The molecule has 4 atom stereocenters. The van der Waals surface area contributed by atoms with Crippen molar-refractivity contribution in [3.63, 3.8) is 0 Å². The van der Waals surface area contributed by atoms with Crippen molar-refractivity contribution in [2.24, 2.45) is 0 Å². The van der Waals surface area contributed by atoms with Gasteiger partial charge < -0.3 is 25.7 Å². The molecule has 0 bridgehead atoms. The smallest absolute Gasteiger partial charge is 0.109 e. The number of nitrogens with one attached hydrogen (secondary N) is 1. The van der Waals surface area contributed by atoms with E-state index in [9.17, 15) is 10.2 Å². The Kier molecular flexibility index (Phi) is 5.44. The van der Waals surface area contributed by atoms with E-state index >= 15 is 0 Å². The fourth-order valence-electron chi connectivity index (χ4n) is 1.52. The lowest BCUT2D eigenvalue weighted by atomic mass is 10.1. The van der Waals surface area contributed by atoms with Crippen LogP contribution in [0.4, 0.5) is 0 Å². The van der Waals surface area contributed by atoms with Gasteiger partial charge in [-0.05, 0) is 6.42 Å². The lowest BCUT2D eigenvalue weighted by Gasteiger charge is -2.23. The van der Waals surface area contributed by atoms with Crippen molar-refractivity contribution in [2.45, 2.75) is 30.8 Å². The minimum absolute atomic E-state index is 0.193. The first-order chi connectivity index (χ1) is 7.15. The summed E-state index contributed by atoms with van der Waals surface area (Å²) in [4.78, 5) is 0. The second-order valence-corrected chi connectivity index (χ2v) is 3.83. The zero-order chi connectivity index (χ0) is 11.3. The minimum Gasteiger partial charge on any atom is -0.394 e. The highest BCUT2D eigenvalue weighted by atomic mass is 16.4. The van der Waals surface area contributed by atoms with Crippen molar-refractivity contribution in [2.75, 3.05) is 26.2 Å². The molecule has 89 valence electrons. The van der Waals surface area contributed by atoms with Crippen LogP contribution in [0.15, 0.2) is 0 Å². The van der Waals surface area contributed by atoms with E-state index in [-0.39, 0.29) is 12.6 Å². The Bertz CT molecular complexity index is 175. The van der Waals surface area contributed by atoms with Gasteiger partial charge in [-0.3, -0.25) is 0 Å². The maximum atomic E-state index is 9.47. The largest absolute Gasteiger partial charge is 0.394 e. The molecule has 0 saturated carbocycles. The van der Waals surface area contributed by atoms with E-state index in [0.717, 1.165) is 19.5 Å². The molecule has 1 aliphatic rings. The minimum atomic E-state index is -1.32. The zero-order valence-electron chi connectivity index (χ0n) is 8.58. The van der Waals surface area contributed by atoms with Crippen LogP contribution in [0.5, 0.6) is 0 Å². The van der Waals surface area contributed by atoms with Gasteiger partial charge in [0.1, 0.15) is 12.2 Å². The molecule has 1 saturated heterocycles. The molecule has 0 aromatic rings. The van der Waals surface area contributed by atoms with E-state index in [0.29, 0.717) is 0 Å². The molecule has 0 spiro atoms. The molecule has 1 aliphatic heterocycles. The van der Waals surface area contributed by atoms with Gasteiger partial charge in [0.05, 0.1) is 12.7 Å². The average Bonchev–Trinajstić information content (AvgIpc) is 2.76. The van der Waals surface area contributed by atoms with Gasteiger partial charge in [0, 0.05) is 25.7 Å². The van der Waals surface area contributed by atoms with Gasteiger partial charge >= 0.3 is 0 Å². The predicted octanol–water partition coefficient (Wildman–Crippen LogP) is -2.97. The summed E-state index contributed by atoms with van der Waals surface area (Å²) in [5, 5.41) is 43.6. The number of rotatable bonds is 6. The molecule has 0 aliphatic carbocycles. The van der Waals surface area contributed by atoms with Gasteiger partial charge in [0.15, 0.2) is 0 Å². The van der Waals surface area contributed by atoms with E-state index < -0.39 is 24.9 Å². The Balaban J connectivity index is 2.19. The van der Waals surface area contributed by atoms with Gasteiger partial charge in [-0.1, -0.05) is 0 Å². The molecule has 1 radical (unpaired) electrons. The number of aliphatic hydroxyl groups excluding tert-OH is 4. The fraction of sp³-hybridized carbons (Fsp3) is 1.00. The molecule has 6 nitrogen and oxygen atoms in total. The van der Waals surface area contributed by atoms with Crippen molar-refractivity contribution in [3.8, 4) is 0 Å². The molecule has 0 aromatic carbocycles. The van der Waals surface area contributed by atoms with Crippen LogP contribution in [0.2, 0.25) is 0 Å². The van der Waals surface area contributed by atoms with Crippen molar-refractivity contribution in [1.82, 2.24) is 10.6 Å². The number of aliphatic hydroxyl groups is 4. The van der Waals surface area contributed by atoms with Crippen molar-refractivity contribution < 1.29 is 20.4 Å². The molecule has 1 heterocycles. The summed E-state index contributed by atoms with van der Waals surface area (Å²) in [6.07, 6.45) is -2.76. The van der Waals surface area contributed by atoms with Gasteiger partial charge in [0.25, 0.3) is 0 Å². The van der Waals surface area contributed by atoms with Crippen LogP contribution in [0.3, 0.4) is 0 Å². The molecule has 1 unspecified atom stereocenters. The maximum absolute atomic E-state index is 9.47. The Morgan fingerprint density at radius 2 is 2.00 bits per heavy atom. The lowest BCUT2D eigenvalue weighted by Crippen LogP contribution is -2.46. The van der Waals surface area contributed by atoms with Crippen LogP contribution in [-0.4, -0.2) is 71.0 Å². The van der Waals surface area contributed by atoms with E-state index in [1.54, 1.807) is 0 Å². The molecular formula is C9H19N2O4. The second-order valence-electron chi connectivity index (χ2n) is 3.83. The molecule has 5 N–H and O–H groups in total. The highest BCUT2D eigenvalue weighted by molar-refractivity contribution is 4.81. The summed E-state index contributed by atoms with van der Waals surface area (Å²) < 4.78 is 0. The predicted molar refractivity (Wildman–Crippen MR) is 53.4 cm³/mol. The Labute approximate surface area is 88.9 Å². The third-order valence-electron chi connectivity index (χ3n) is 2.58. The third-order valence-corrected chi connectivity index (χ3v) is 2.58. The van der Waals surface area contributed by atoms with E-state index in [2.05, 4.69) is 10.6 Å². The summed E-state index contributed by atoms with van der Waals surface area (Å²) in [6, 6.07) is 0.248. The first-order valence-corrected chi connectivity index (χ1v) is 5.17. The molecule has 0 amide bonds. The summed E-state index contributed by atoms with van der Waals surface area (Å²) >= 11 is 0. The van der Waals surface area contributed by atoms with Gasteiger partial charge in [-0.2, -0.15) is 0 Å². The topological polar surface area (TPSA) is 107 Å². The Hall–Kier alpha value is -0.240. The summed E-state index contributed by atoms with van der Waals surface area (Å²) in [5.41, 5.74) is 0. The maximum Gasteiger partial charge on any atom is 0.109 e. The first-order valence-electron chi connectivity index (χ1n) is 5.17. The lowest BCUT2D eigenvalue weighted by molar-refractivity contribution is -0.0754. The van der Waals surface area contributed by atoms with Crippen LogP contribution >= 0.6 is 0 Å². The van der Waals surface area contributed by atoms with Gasteiger partial charge in [-0.25, -0.2) is 5.32 Å². The standard InChI is InChI=1S/C9H19N2O4/c12-5-8(14)9(15)7(13)4-11-6-1-2-10-3-6/h6-9,11-15H,1-5H2/t6?,7-,8+,9-/m0/s1. The molecule has 1 fully saturated rings. The third kappa shape index (κ3) is 4.02. The van der Waals surface area contributed by atoms with Crippen LogP contribution in [0, 0.1) is 0 Å². The van der Waals surface area contributed by atoms with Gasteiger partial charge in [-0.15, -0.1) is 0 Å². The first kappa shape index (κ1) is 12.8. The number of hydrogen-bond donors (Lipinski definition) is 5. The van der Waals surface area contributed by atoms with Gasteiger partial charge in [0.2, 0.25) is 0 Å². The quantitative estimate of drug-likeness (QED) is 0.328. The Morgan fingerprint density at radius 1 is 1.27 bits per heavy atom. The number of nitrogens with zero attached hydrogens (tertiary/aromatic N) is 1. The summed E-state index contributed by atoms with van der Waals surface area (Å²) in [7, 11) is 0. The highest BCUT2D eigenvalue weighted by Crippen LogP contribution is 2.02. The number of hydrogen-bond acceptors (Lipinski definition) is 5. The highest BCUT2D eigenvalue weighted by Gasteiger charge is 2.25. The second kappa shape index (κ2) is 6.37. The Morgan fingerprint density at radius 3 is 2.53 bits per heavy atom. The van der Waals surface area contributed by atoms with Crippen molar-refractivity contribution >= 4 is 0 Å². The normalized spacial score (nSPS) is 27.6. The van der Waals surface area contributed by atoms with Crippen molar-refractivity contribution in [3.05, 3.63) is 0 Å². The van der Waals surface area contributed by atoms with E-state index in [1.807, 2.05) is 0 Å². The molecule has 0 aromatic heterocycles. The SMILES string of the molecule is OC[C@@H](O)[C@@H](O)[C@@H](O)CNC1CC[N]C1. The van der Waals surface area contributed by atoms with E-state index in [4.69, 9.17) is 10.2 Å². The summed E-state index contributed by atoms with van der Waals surface area (Å²) in [6.45, 7) is 1.19. The van der Waals surface area contributed by atoms with Crippen LogP contribution in [0.25, 0.3) is 0 Å². The van der Waals surface area contributed by atoms with Crippen LogP contribution < -0.4 is 10.6 Å². The molecular weight excluding hydrogens is 200 g/mol. The summed E-state index contributed by atoms with van der Waals surface area (Å²) in [5.74, 6) is 0. The fourth-order valence-corrected chi connectivity index (χ4v) is 1.52.